The van der Waals surface area contributed by atoms with Gasteiger partial charge in [0.15, 0.2) is 0 Å². The largest absolute Gasteiger partial charge is 0.0623 e. The van der Waals surface area contributed by atoms with Gasteiger partial charge in [-0.3, -0.25) is 0 Å². The zero-order chi connectivity index (χ0) is 10.1. The van der Waals surface area contributed by atoms with Crippen molar-refractivity contribution in [2.75, 3.05) is 0 Å². The van der Waals surface area contributed by atoms with Crippen molar-refractivity contribution < 1.29 is 0 Å². The van der Waals surface area contributed by atoms with Crippen molar-refractivity contribution >= 4 is 0 Å². The molecule has 0 atom stereocenters. The molecule has 1 aliphatic rings. The van der Waals surface area contributed by atoms with Gasteiger partial charge in [0, 0.05) is 0 Å². The summed E-state index contributed by atoms with van der Waals surface area (Å²) in [5.41, 5.74) is 1.34. The lowest BCUT2D eigenvalue weighted by Gasteiger charge is -1.92. The maximum atomic E-state index is 2.16. The van der Waals surface area contributed by atoms with Crippen LogP contribution in [0.1, 0.15) is 13.3 Å². The van der Waals surface area contributed by atoms with Gasteiger partial charge in [0.25, 0.3) is 0 Å². The van der Waals surface area contributed by atoms with Crippen molar-refractivity contribution in [3.8, 4) is 0 Å². The first-order valence-corrected chi connectivity index (χ1v) is 4.97. The van der Waals surface area contributed by atoms with Crippen molar-refractivity contribution in [2.45, 2.75) is 13.3 Å². The quantitative estimate of drug-likeness (QED) is 0.575. The molecule has 0 saturated heterocycles. The predicted octanol–water partition coefficient (Wildman–Crippen LogP) is 4.12. The maximum Gasteiger partial charge on any atom is -0.0307 e. The molecule has 1 aliphatic carbocycles. The van der Waals surface area contributed by atoms with Crippen molar-refractivity contribution in [2.24, 2.45) is 0 Å². The van der Waals surface area contributed by atoms with E-state index in [0.29, 0.717) is 0 Å². The molecular weight excluding hydrogens is 168 g/mol. The van der Waals surface area contributed by atoms with Gasteiger partial charge in [-0.1, -0.05) is 73.8 Å². The van der Waals surface area contributed by atoms with Crippen LogP contribution in [0.3, 0.4) is 0 Å². The first-order chi connectivity index (χ1) is 6.93. The van der Waals surface area contributed by atoms with Crippen LogP contribution in [0.2, 0.25) is 0 Å². The van der Waals surface area contributed by atoms with Crippen LogP contribution >= 0.6 is 0 Å². The van der Waals surface area contributed by atoms with Crippen molar-refractivity contribution in [3.63, 3.8) is 0 Å². The molecule has 0 radical (unpaired) electrons. The number of hydrogen-bond donors (Lipinski definition) is 0. The second-order valence-corrected chi connectivity index (χ2v) is 2.99. The summed E-state index contributed by atoms with van der Waals surface area (Å²) in [4.78, 5) is 0. The topological polar surface area (TPSA) is 0 Å². The highest BCUT2D eigenvalue weighted by atomic mass is 13.9. The average molecular weight is 184 g/mol. The molecule has 0 amide bonds. The third-order valence-electron chi connectivity index (χ3n) is 1.92. The fourth-order valence-corrected chi connectivity index (χ4v) is 1.10. The lowest BCUT2D eigenvalue weighted by atomic mass is 10.1. The summed E-state index contributed by atoms with van der Waals surface area (Å²) in [6.45, 7) is 2.16. The molecule has 0 unspecified atom stereocenters. The average Bonchev–Trinajstić information content (AvgIpc) is 2.19. The highest BCUT2D eigenvalue weighted by molar-refractivity contribution is 5.29. The smallest absolute Gasteiger partial charge is 0.0307 e. The molecule has 1 rings (SSSR count). The number of hydrogen-bond acceptors (Lipinski definition) is 0. The van der Waals surface area contributed by atoms with Gasteiger partial charge in [0.2, 0.25) is 0 Å². The van der Waals surface area contributed by atoms with Crippen LogP contribution in [0, 0.1) is 0 Å². The Morgan fingerprint density at radius 2 is 1.21 bits per heavy atom. The SMILES string of the molecule is CCC1=CC=CC=CC=CC=CC=C1. The molecule has 0 nitrogen and oxygen atoms in total. The van der Waals surface area contributed by atoms with Crippen molar-refractivity contribution in [3.05, 3.63) is 72.4 Å². The Bertz CT molecular complexity index is 320. The minimum atomic E-state index is 1.06. The second-order valence-electron chi connectivity index (χ2n) is 2.99. The minimum Gasteiger partial charge on any atom is -0.0623 e. The molecule has 0 aromatic rings. The summed E-state index contributed by atoms with van der Waals surface area (Å²) in [5.74, 6) is 0. The molecule has 0 aromatic heterocycles. The van der Waals surface area contributed by atoms with E-state index in [9.17, 15) is 0 Å². The first kappa shape index (κ1) is 10.5. The standard InChI is InChI=1S/C14H16/c1-2-14-12-10-8-6-4-3-5-7-9-11-13-14/h3-13H,2H2,1H3. The fourth-order valence-electron chi connectivity index (χ4n) is 1.10. The Balaban J connectivity index is 2.80. The zero-order valence-corrected chi connectivity index (χ0v) is 8.56. The van der Waals surface area contributed by atoms with Gasteiger partial charge in [0.1, 0.15) is 0 Å². The molecule has 72 valence electrons. The van der Waals surface area contributed by atoms with Crippen LogP contribution in [0.4, 0.5) is 0 Å². The van der Waals surface area contributed by atoms with Crippen LogP contribution in [-0.2, 0) is 0 Å². The van der Waals surface area contributed by atoms with Crippen LogP contribution in [0.5, 0.6) is 0 Å². The molecule has 0 bridgehead atoms. The van der Waals surface area contributed by atoms with Gasteiger partial charge in [-0.05, 0) is 12.0 Å². The van der Waals surface area contributed by atoms with Gasteiger partial charge < -0.3 is 0 Å². The number of rotatable bonds is 1. The Morgan fingerprint density at radius 1 is 0.714 bits per heavy atom. The lowest BCUT2D eigenvalue weighted by Crippen LogP contribution is -1.72. The Labute approximate surface area is 86.3 Å². The van der Waals surface area contributed by atoms with Crippen molar-refractivity contribution in [1.29, 1.82) is 0 Å². The molecule has 0 fully saturated rings. The Hall–Kier alpha value is -1.56. The number of allylic oxidation sites excluding steroid dienone is 12. The molecule has 0 aliphatic heterocycles. The molecule has 0 heteroatoms. The molecule has 0 saturated carbocycles. The monoisotopic (exact) mass is 184 g/mol. The third kappa shape index (κ3) is 4.46. The maximum absolute atomic E-state index is 2.16. The van der Waals surface area contributed by atoms with E-state index >= 15 is 0 Å². The fraction of sp³-hybridized carbons (Fsp3) is 0.143. The van der Waals surface area contributed by atoms with Gasteiger partial charge >= 0.3 is 0 Å². The third-order valence-corrected chi connectivity index (χ3v) is 1.92. The lowest BCUT2D eigenvalue weighted by molar-refractivity contribution is 1.15. The first-order valence-electron chi connectivity index (χ1n) is 4.97. The molecular formula is C14H16. The van der Waals surface area contributed by atoms with Crippen LogP contribution in [0.15, 0.2) is 72.4 Å². The summed E-state index contributed by atoms with van der Waals surface area (Å²) in [7, 11) is 0. The van der Waals surface area contributed by atoms with Gasteiger partial charge in [-0.2, -0.15) is 0 Å². The van der Waals surface area contributed by atoms with Gasteiger partial charge in [-0.15, -0.1) is 0 Å². The predicted molar refractivity (Wildman–Crippen MR) is 64.1 cm³/mol. The van der Waals surface area contributed by atoms with Crippen LogP contribution < -0.4 is 0 Å². The summed E-state index contributed by atoms with van der Waals surface area (Å²) in [5, 5.41) is 0. The van der Waals surface area contributed by atoms with E-state index in [1.807, 2.05) is 42.5 Å². The molecule has 0 spiro atoms. The highest BCUT2D eigenvalue weighted by Gasteiger charge is 1.83. The zero-order valence-electron chi connectivity index (χ0n) is 8.56. The summed E-state index contributed by atoms with van der Waals surface area (Å²) >= 11 is 0. The summed E-state index contributed by atoms with van der Waals surface area (Å²) in [6.07, 6.45) is 23.7. The van der Waals surface area contributed by atoms with Crippen LogP contribution in [-0.4, -0.2) is 0 Å². The Kier molecular flexibility index (Phi) is 5.19. The Morgan fingerprint density at radius 3 is 1.79 bits per heavy atom. The van der Waals surface area contributed by atoms with E-state index in [1.165, 1.54) is 5.57 Å². The molecule has 0 heterocycles. The van der Waals surface area contributed by atoms with Gasteiger partial charge in [-0.25, -0.2) is 0 Å². The second kappa shape index (κ2) is 6.90. The molecule has 0 N–H and O–H groups in total. The van der Waals surface area contributed by atoms with E-state index in [2.05, 4.69) is 31.2 Å². The van der Waals surface area contributed by atoms with E-state index in [4.69, 9.17) is 0 Å². The van der Waals surface area contributed by atoms with E-state index in [0.717, 1.165) is 6.42 Å². The van der Waals surface area contributed by atoms with Crippen molar-refractivity contribution in [1.82, 2.24) is 0 Å². The van der Waals surface area contributed by atoms with E-state index in [1.54, 1.807) is 0 Å². The normalized spacial score (nSPS) is 16.2. The summed E-state index contributed by atoms with van der Waals surface area (Å²) in [6, 6.07) is 0. The van der Waals surface area contributed by atoms with E-state index in [-0.39, 0.29) is 0 Å². The minimum absolute atomic E-state index is 1.06. The van der Waals surface area contributed by atoms with Gasteiger partial charge in [0.05, 0.1) is 0 Å². The highest BCUT2D eigenvalue weighted by Crippen LogP contribution is 2.03. The molecule has 0 aromatic carbocycles. The molecule has 14 heavy (non-hydrogen) atoms. The summed E-state index contributed by atoms with van der Waals surface area (Å²) < 4.78 is 0. The van der Waals surface area contributed by atoms with Crippen LogP contribution in [0.25, 0.3) is 0 Å². The van der Waals surface area contributed by atoms with E-state index < -0.39 is 0 Å².